The molecule has 1 fully saturated rings. The lowest BCUT2D eigenvalue weighted by Gasteiger charge is -2.36. The molecule has 1 aliphatic rings. The molecule has 138 valence electrons. The lowest BCUT2D eigenvalue weighted by molar-refractivity contribution is 0.231. The fourth-order valence-corrected chi connectivity index (χ4v) is 3.04. The van der Waals surface area contributed by atoms with Gasteiger partial charge >= 0.3 is 6.03 Å². The average molecular weight is 356 g/mol. The molecule has 1 heterocycles. The SMILES string of the molecule is O=C(NCCN1CCN(c2ccccc2)CC1)NCc1ccc(F)cc1. The second-order valence-corrected chi connectivity index (χ2v) is 6.40. The third-order valence-electron chi connectivity index (χ3n) is 4.57. The molecule has 2 N–H and O–H groups in total. The van der Waals surface area contributed by atoms with Crippen molar-refractivity contribution in [3.63, 3.8) is 0 Å². The Morgan fingerprint density at radius 2 is 1.62 bits per heavy atom. The standard InChI is InChI=1S/C20H25FN4O/c21-18-8-6-17(7-9-18)16-23-20(26)22-10-11-24-12-14-25(15-13-24)19-4-2-1-3-5-19/h1-9H,10-16H2,(H2,22,23,26). The molecule has 0 unspecified atom stereocenters. The number of hydrogen-bond donors (Lipinski definition) is 2. The van der Waals surface area contributed by atoms with E-state index in [1.165, 1.54) is 17.8 Å². The van der Waals surface area contributed by atoms with E-state index in [1.807, 2.05) is 6.07 Å². The summed E-state index contributed by atoms with van der Waals surface area (Å²) in [6.45, 7) is 5.83. The molecule has 6 heteroatoms. The topological polar surface area (TPSA) is 47.6 Å². The maximum Gasteiger partial charge on any atom is 0.315 e. The molecule has 3 rings (SSSR count). The van der Waals surface area contributed by atoms with Gasteiger partial charge in [-0.15, -0.1) is 0 Å². The van der Waals surface area contributed by atoms with Crippen molar-refractivity contribution in [3.8, 4) is 0 Å². The zero-order valence-electron chi connectivity index (χ0n) is 14.8. The van der Waals surface area contributed by atoms with Crippen molar-refractivity contribution in [2.75, 3.05) is 44.2 Å². The second-order valence-electron chi connectivity index (χ2n) is 6.40. The van der Waals surface area contributed by atoms with Crippen LogP contribution in [0.3, 0.4) is 0 Å². The summed E-state index contributed by atoms with van der Waals surface area (Å²) in [6, 6.07) is 16.4. The highest BCUT2D eigenvalue weighted by Crippen LogP contribution is 2.15. The molecule has 0 atom stereocenters. The molecule has 1 saturated heterocycles. The number of piperazine rings is 1. The lowest BCUT2D eigenvalue weighted by atomic mass is 10.2. The van der Waals surface area contributed by atoms with E-state index in [9.17, 15) is 9.18 Å². The first-order valence-electron chi connectivity index (χ1n) is 8.99. The van der Waals surface area contributed by atoms with E-state index in [-0.39, 0.29) is 11.8 Å². The maximum atomic E-state index is 12.8. The molecule has 0 saturated carbocycles. The van der Waals surface area contributed by atoms with E-state index in [0.717, 1.165) is 38.3 Å². The van der Waals surface area contributed by atoms with E-state index in [0.29, 0.717) is 13.1 Å². The summed E-state index contributed by atoms with van der Waals surface area (Å²) in [5.41, 5.74) is 2.14. The molecule has 5 nitrogen and oxygen atoms in total. The van der Waals surface area contributed by atoms with Crippen LogP contribution in [0.2, 0.25) is 0 Å². The van der Waals surface area contributed by atoms with Crippen molar-refractivity contribution in [3.05, 3.63) is 66.0 Å². The van der Waals surface area contributed by atoms with Crippen LogP contribution in [-0.2, 0) is 6.54 Å². The quantitative estimate of drug-likeness (QED) is 0.836. The first-order chi connectivity index (χ1) is 12.7. The maximum absolute atomic E-state index is 12.8. The normalized spacial score (nSPS) is 14.9. The molecule has 2 aromatic rings. The Kier molecular flexibility index (Phi) is 6.44. The minimum Gasteiger partial charge on any atom is -0.369 e. The molecular formula is C20H25FN4O. The zero-order valence-corrected chi connectivity index (χ0v) is 14.8. The van der Waals surface area contributed by atoms with Crippen molar-refractivity contribution in [1.82, 2.24) is 15.5 Å². The minimum absolute atomic E-state index is 0.197. The van der Waals surface area contributed by atoms with Crippen LogP contribution in [0.15, 0.2) is 54.6 Å². The van der Waals surface area contributed by atoms with Gasteiger partial charge in [-0.3, -0.25) is 4.90 Å². The fourth-order valence-electron chi connectivity index (χ4n) is 3.04. The van der Waals surface area contributed by atoms with Crippen LogP contribution < -0.4 is 15.5 Å². The van der Waals surface area contributed by atoms with E-state index >= 15 is 0 Å². The van der Waals surface area contributed by atoms with Gasteiger partial charge in [-0.05, 0) is 29.8 Å². The monoisotopic (exact) mass is 356 g/mol. The van der Waals surface area contributed by atoms with Gasteiger partial charge in [0.15, 0.2) is 0 Å². The predicted octanol–water partition coefficient (Wildman–Crippen LogP) is 2.45. The predicted molar refractivity (Wildman–Crippen MR) is 102 cm³/mol. The van der Waals surface area contributed by atoms with Gasteiger partial charge in [0.25, 0.3) is 0 Å². The van der Waals surface area contributed by atoms with Crippen molar-refractivity contribution in [2.24, 2.45) is 0 Å². The Labute approximate surface area is 153 Å². The van der Waals surface area contributed by atoms with Crippen LogP contribution in [0.5, 0.6) is 0 Å². The summed E-state index contributed by atoms with van der Waals surface area (Å²) in [5, 5.41) is 5.66. The first-order valence-corrected chi connectivity index (χ1v) is 8.99. The van der Waals surface area contributed by atoms with Gasteiger partial charge in [-0.1, -0.05) is 30.3 Å². The second kappa shape index (κ2) is 9.20. The van der Waals surface area contributed by atoms with Crippen LogP contribution in [0.4, 0.5) is 14.9 Å². The molecule has 2 amide bonds. The zero-order chi connectivity index (χ0) is 18.2. The fraction of sp³-hybridized carbons (Fsp3) is 0.350. The summed E-state index contributed by atoms with van der Waals surface area (Å²) >= 11 is 0. The summed E-state index contributed by atoms with van der Waals surface area (Å²) in [6.07, 6.45) is 0. The number of halogens is 1. The van der Waals surface area contributed by atoms with Gasteiger partial charge in [-0.2, -0.15) is 0 Å². The summed E-state index contributed by atoms with van der Waals surface area (Å²) in [4.78, 5) is 16.6. The third-order valence-corrected chi connectivity index (χ3v) is 4.57. The van der Waals surface area contributed by atoms with Crippen LogP contribution in [0, 0.1) is 5.82 Å². The van der Waals surface area contributed by atoms with E-state index in [2.05, 4.69) is 44.7 Å². The van der Waals surface area contributed by atoms with Gasteiger partial charge in [0, 0.05) is 51.5 Å². The Balaban J connectivity index is 1.30. The summed E-state index contributed by atoms with van der Waals surface area (Å²) in [7, 11) is 0. The Hall–Kier alpha value is -2.60. The van der Waals surface area contributed by atoms with Crippen LogP contribution in [-0.4, -0.2) is 50.2 Å². The minimum atomic E-state index is -0.273. The lowest BCUT2D eigenvalue weighted by Crippen LogP contribution is -2.49. The van der Waals surface area contributed by atoms with E-state index in [1.54, 1.807) is 12.1 Å². The van der Waals surface area contributed by atoms with Crippen molar-refractivity contribution in [2.45, 2.75) is 6.54 Å². The number of carbonyl (C=O) groups excluding carboxylic acids is 1. The number of hydrogen-bond acceptors (Lipinski definition) is 3. The molecule has 2 aromatic carbocycles. The van der Waals surface area contributed by atoms with Crippen LogP contribution >= 0.6 is 0 Å². The highest BCUT2D eigenvalue weighted by Gasteiger charge is 2.16. The number of nitrogens with zero attached hydrogens (tertiary/aromatic N) is 2. The number of anilines is 1. The van der Waals surface area contributed by atoms with Gasteiger partial charge in [-0.25, -0.2) is 9.18 Å². The summed E-state index contributed by atoms with van der Waals surface area (Å²) < 4.78 is 12.8. The van der Waals surface area contributed by atoms with Gasteiger partial charge in [0.1, 0.15) is 5.82 Å². The van der Waals surface area contributed by atoms with Gasteiger partial charge in [0.2, 0.25) is 0 Å². The number of carbonyl (C=O) groups is 1. The van der Waals surface area contributed by atoms with Gasteiger partial charge in [0.05, 0.1) is 0 Å². The number of para-hydroxylation sites is 1. The molecular weight excluding hydrogens is 331 g/mol. The number of nitrogens with one attached hydrogen (secondary N) is 2. The number of urea groups is 1. The highest BCUT2D eigenvalue weighted by atomic mass is 19.1. The molecule has 0 bridgehead atoms. The molecule has 1 aliphatic heterocycles. The van der Waals surface area contributed by atoms with Crippen molar-refractivity contribution < 1.29 is 9.18 Å². The Morgan fingerprint density at radius 3 is 2.31 bits per heavy atom. The molecule has 0 radical (unpaired) electrons. The van der Waals surface area contributed by atoms with Crippen LogP contribution in [0.25, 0.3) is 0 Å². The van der Waals surface area contributed by atoms with Crippen molar-refractivity contribution in [1.29, 1.82) is 0 Å². The Bertz CT molecular complexity index is 685. The number of amides is 2. The third kappa shape index (κ3) is 5.46. The first kappa shape index (κ1) is 18.2. The van der Waals surface area contributed by atoms with E-state index < -0.39 is 0 Å². The largest absolute Gasteiger partial charge is 0.369 e. The van der Waals surface area contributed by atoms with Crippen LogP contribution in [0.1, 0.15) is 5.56 Å². The number of rotatable bonds is 6. The Morgan fingerprint density at radius 1 is 0.923 bits per heavy atom. The highest BCUT2D eigenvalue weighted by molar-refractivity contribution is 5.73. The molecule has 0 spiro atoms. The van der Waals surface area contributed by atoms with E-state index in [4.69, 9.17) is 0 Å². The van der Waals surface area contributed by atoms with Crippen molar-refractivity contribution >= 4 is 11.7 Å². The molecule has 26 heavy (non-hydrogen) atoms. The van der Waals surface area contributed by atoms with Gasteiger partial charge < -0.3 is 15.5 Å². The summed E-state index contributed by atoms with van der Waals surface area (Å²) in [5.74, 6) is -0.273. The molecule has 0 aromatic heterocycles. The smallest absolute Gasteiger partial charge is 0.315 e. The molecule has 0 aliphatic carbocycles. The number of benzene rings is 2. The average Bonchev–Trinajstić information content (AvgIpc) is 2.69.